The molecular weight excluding hydrogens is 588 g/mol. The average Bonchev–Trinajstić information content (AvgIpc) is 2.93. The number of carbonyl (C=O) groups excluding carboxylic acids is 2. The van der Waals surface area contributed by atoms with Gasteiger partial charge in [0.1, 0.15) is 17.8 Å². The van der Waals surface area contributed by atoms with E-state index in [1.807, 2.05) is 24.3 Å². The number of unbranched alkanes of at least 4 members (excludes halogenated alkanes) is 3. The molecule has 0 aliphatic rings. The summed E-state index contributed by atoms with van der Waals surface area (Å²) in [6, 6.07) is 8.14. The standard InChI is InChI=1S/C24H40O4.C17H26O2/c1-23(2,3)19-16-18(17-20(22(19)26)24(4,5)6)12-13-21(25)28-15-11-9-8-10-14-27-7;1-16(2,3)13-10-12(8-7-9-18)11-14(15(13)19)17(4,5)6/h16-17,26H,8-15H2,1-7H3;9-11,19H,7-8H2,1-6H3. The summed E-state index contributed by atoms with van der Waals surface area (Å²) in [5.74, 6) is 0.620. The van der Waals surface area contributed by atoms with Gasteiger partial charge in [0.2, 0.25) is 0 Å². The van der Waals surface area contributed by atoms with Crippen LogP contribution in [0.4, 0.5) is 0 Å². The zero-order valence-electron chi connectivity index (χ0n) is 32.0. The van der Waals surface area contributed by atoms with Gasteiger partial charge < -0.3 is 24.5 Å². The molecule has 0 aromatic heterocycles. The Morgan fingerprint density at radius 3 is 1.32 bits per heavy atom. The molecule has 266 valence electrons. The summed E-state index contributed by atoms with van der Waals surface area (Å²) in [4.78, 5) is 22.6. The van der Waals surface area contributed by atoms with Gasteiger partial charge in [0, 0.05) is 26.6 Å². The van der Waals surface area contributed by atoms with Crippen LogP contribution < -0.4 is 0 Å². The van der Waals surface area contributed by atoms with Crippen molar-refractivity contribution in [3.05, 3.63) is 57.6 Å². The molecule has 0 saturated carbocycles. The molecule has 0 radical (unpaired) electrons. The van der Waals surface area contributed by atoms with E-state index in [0.29, 0.717) is 37.4 Å². The molecule has 0 heterocycles. The second-order valence-electron chi connectivity index (χ2n) is 16.9. The maximum absolute atomic E-state index is 12.1. The number of ether oxygens (including phenoxy) is 2. The zero-order valence-corrected chi connectivity index (χ0v) is 32.0. The highest BCUT2D eigenvalue weighted by molar-refractivity contribution is 5.69. The van der Waals surface area contributed by atoms with Crippen molar-refractivity contribution in [2.24, 2.45) is 0 Å². The molecule has 0 fully saturated rings. The number of rotatable bonds is 13. The van der Waals surface area contributed by atoms with Crippen molar-refractivity contribution >= 4 is 12.3 Å². The maximum atomic E-state index is 12.1. The molecule has 0 unspecified atom stereocenters. The Balaban J connectivity index is 0.000000506. The van der Waals surface area contributed by atoms with Gasteiger partial charge in [-0.15, -0.1) is 0 Å². The fraction of sp³-hybridized carbons (Fsp3) is 0.659. The van der Waals surface area contributed by atoms with Crippen molar-refractivity contribution in [3.8, 4) is 11.5 Å². The summed E-state index contributed by atoms with van der Waals surface area (Å²) in [7, 11) is 1.71. The maximum Gasteiger partial charge on any atom is 0.306 e. The Labute approximate surface area is 286 Å². The lowest BCUT2D eigenvalue weighted by Crippen LogP contribution is -2.18. The van der Waals surface area contributed by atoms with E-state index >= 15 is 0 Å². The van der Waals surface area contributed by atoms with Gasteiger partial charge in [0.05, 0.1) is 6.61 Å². The number of aryl methyl sites for hydroxylation is 2. The Kier molecular flexibility index (Phi) is 16.2. The Hall–Kier alpha value is -2.86. The first-order valence-electron chi connectivity index (χ1n) is 17.4. The Bertz CT molecular complexity index is 1210. The first-order chi connectivity index (χ1) is 21.5. The smallest absolute Gasteiger partial charge is 0.306 e. The number of phenolic OH excluding ortho intramolecular Hbond substituents is 2. The van der Waals surface area contributed by atoms with Crippen LogP contribution >= 0.6 is 0 Å². The molecule has 2 aromatic carbocycles. The van der Waals surface area contributed by atoms with Crippen LogP contribution in [0.5, 0.6) is 11.5 Å². The number of benzene rings is 2. The topological polar surface area (TPSA) is 93.1 Å². The highest BCUT2D eigenvalue weighted by Gasteiger charge is 2.28. The van der Waals surface area contributed by atoms with Crippen LogP contribution in [-0.4, -0.2) is 42.8 Å². The molecule has 0 aliphatic carbocycles. The van der Waals surface area contributed by atoms with E-state index < -0.39 is 0 Å². The minimum Gasteiger partial charge on any atom is -0.507 e. The lowest BCUT2D eigenvalue weighted by atomic mass is 9.78. The lowest BCUT2D eigenvalue weighted by molar-refractivity contribution is -0.143. The number of esters is 1. The van der Waals surface area contributed by atoms with Gasteiger partial charge in [-0.05, 0) is 87.1 Å². The average molecular weight is 655 g/mol. The fourth-order valence-electron chi connectivity index (χ4n) is 5.40. The van der Waals surface area contributed by atoms with Crippen LogP contribution in [0.2, 0.25) is 0 Å². The van der Waals surface area contributed by atoms with Crippen molar-refractivity contribution in [2.45, 2.75) is 156 Å². The van der Waals surface area contributed by atoms with Crippen LogP contribution in [0.3, 0.4) is 0 Å². The SMILES string of the molecule is CC(C)(C)c1cc(CCC=O)cc(C(C)(C)C)c1O.COCCCCCCOC(=O)CCc1cc(C(C)(C)C)c(O)c(C(C)(C)C)c1. The van der Waals surface area contributed by atoms with E-state index in [-0.39, 0.29) is 27.6 Å². The van der Waals surface area contributed by atoms with Gasteiger partial charge in [0.15, 0.2) is 0 Å². The van der Waals surface area contributed by atoms with Crippen LogP contribution in [0, 0.1) is 0 Å². The van der Waals surface area contributed by atoms with Crippen molar-refractivity contribution in [3.63, 3.8) is 0 Å². The number of aromatic hydroxyl groups is 2. The van der Waals surface area contributed by atoms with E-state index in [0.717, 1.165) is 78.4 Å². The van der Waals surface area contributed by atoms with Crippen LogP contribution in [0.25, 0.3) is 0 Å². The molecule has 6 heteroatoms. The predicted octanol–water partition coefficient (Wildman–Crippen LogP) is 9.79. The Morgan fingerprint density at radius 1 is 0.617 bits per heavy atom. The molecule has 2 aromatic rings. The summed E-state index contributed by atoms with van der Waals surface area (Å²) < 4.78 is 10.4. The van der Waals surface area contributed by atoms with E-state index in [9.17, 15) is 19.8 Å². The van der Waals surface area contributed by atoms with E-state index in [2.05, 4.69) is 83.1 Å². The molecular formula is C41H66O6. The third kappa shape index (κ3) is 14.4. The molecule has 0 bridgehead atoms. The molecule has 2 rings (SSSR count). The molecule has 0 aliphatic heterocycles. The normalized spacial score (nSPS) is 12.4. The zero-order chi connectivity index (χ0) is 36.2. The largest absolute Gasteiger partial charge is 0.507 e. The third-order valence-corrected chi connectivity index (χ3v) is 8.25. The third-order valence-electron chi connectivity index (χ3n) is 8.25. The number of phenols is 2. The van der Waals surface area contributed by atoms with Gasteiger partial charge in [0.25, 0.3) is 0 Å². The molecule has 47 heavy (non-hydrogen) atoms. The number of carbonyl (C=O) groups is 2. The molecule has 0 amide bonds. The lowest BCUT2D eigenvalue weighted by Gasteiger charge is -2.28. The van der Waals surface area contributed by atoms with Crippen LogP contribution in [0.15, 0.2) is 24.3 Å². The van der Waals surface area contributed by atoms with Crippen molar-refractivity contribution in [1.82, 2.24) is 0 Å². The monoisotopic (exact) mass is 654 g/mol. The summed E-state index contributed by atoms with van der Waals surface area (Å²) in [6.45, 7) is 26.4. The van der Waals surface area contributed by atoms with Gasteiger partial charge in [-0.2, -0.15) is 0 Å². The van der Waals surface area contributed by atoms with E-state index in [1.54, 1.807) is 7.11 Å². The van der Waals surface area contributed by atoms with E-state index in [1.165, 1.54) is 0 Å². The molecule has 0 spiro atoms. The minimum absolute atomic E-state index is 0.110. The van der Waals surface area contributed by atoms with Gasteiger partial charge in [-0.1, -0.05) is 114 Å². The van der Waals surface area contributed by atoms with Gasteiger partial charge in [-0.25, -0.2) is 0 Å². The predicted molar refractivity (Wildman–Crippen MR) is 195 cm³/mol. The highest BCUT2D eigenvalue weighted by Crippen LogP contribution is 2.41. The van der Waals surface area contributed by atoms with Crippen LogP contribution in [-0.2, 0) is 53.6 Å². The molecule has 2 N–H and O–H groups in total. The number of hydrogen-bond donors (Lipinski definition) is 2. The van der Waals surface area contributed by atoms with E-state index in [4.69, 9.17) is 9.47 Å². The van der Waals surface area contributed by atoms with Gasteiger partial charge in [-0.3, -0.25) is 4.79 Å². The number of methoxy groups -OCH3 is 1. The summed E-state index contributed by atoms with van der Waals surface area (Å²) in [5.41, 5.74) is 5.43. The minimum atomic E-state index is -0.163. The van der Waals surface area contributed by atoms with Crippen molar-refractivity contribution in [2.75, 3.05) is 20.3 Å². The Morgan fingerprint density at radius 2 is 0.979 bits per heavy atom. The molecule has 0 atom stereocenters. The quantitative estimate of drug-likeness (QED) is 0.127. The summed E-state index contributed by atoms with van der Waals surface area (Å²) >= 11 is 0. The first kappa shape index (κ1) is 42.2. The van der Waals surface area contributed by atoms with Crippen LogP contribution in [0.1, 0.15) is 155 Å². The molecule has 0 saturated heterocycles. The summed E-state index contributed by atoms with van der Waals surface area (Å²) in [5, 5.41) is 21.3. The fourth-order valence-corrected chi connectivity index (χ4v) is 5.40. The number of aldehydes is 1. The second kappa shape index (κ2) is 18.1. The first-order valence-corrected chi connectivity index (χ1v) is 17.4. The van der Waals surface area contributed by atoms with Crippen molar-refractivity contribution < 1.29 is 29.3 Å². The second-order valence-corrected chi connectivity index (χ2v) is 16.9. The molecule has 6 nitrogen and oxygen atoms in total. The summed E-state index contributed by atoms with van der Waals surface area (Å²) in [6.07, 6.45) is 7.30. The highest BCUT2D eigenvalue weighted by atomic mass is 16.5. The van der Waals surface area contributed by atoms with Crippen molar-refractivity contribution in [1.29, 1.82) is 0 Å². The number of hydrogen-bond acceptors (Lipinski definition) is 6. The van der Waals surface area contributed by atoms with Gasteiger partial charge >= 0.3 is 5.97 Å².